The standard InChI is InChI=1S/C12H14FNO3/c1-6(2)5-9(14)10-8(13)4-3-7(11(10)15)12(16)17/h3-4,9,15H,1,5,14H2,2H3,(H,16,17)/t9-/m1/s1. The average Bonchev–Trinajstić information content (AvgIpc) is 2.15. The van der Waals surface area contributed by atoms with Crippen molar-refractivity contribution >= 4 is 5.97 Å². The van der Waals surface area contributed by atoms with Crippen molar-refractivity contribution in [1.82, 2.24) is 0 Å². The van der Waals surface area contributed by atoms with Crippen molar-refractivity contribution in [3.63, 3.8) is 0 Å². The number of phenols is 1. The van der Waals surface area contributed by atoms with Gasteiger partial charge in [-0.25, -0.2) is 9.18 Å². The second-order valence-corrected chi connectivity index (χ2v) is 3.93. The number of carboxylic acid groups (broad SMARTS) is 1. The molecule has 0 radical (unpaired) electrons. The molecule has 4 N–H and O–H groups in total. The maximum Gasteiger partial charge on any atom is 0.339 e. The molecule has 0 aliphatic rings. The molecule has 1 rings (SSSR count). The van der Waals surface area contributed by atoms with E-state index in [0.29, 0.717) is 0 Å². The molecule has 1 aromatic carbocycles. The number of carboxylic acids is 1. The highest BCUT2D eigenvalue weighted by molar-refractivity contribution is 5.91. The highest BCUT2D eigenvalue weighted by Gasteiger charge is 2.21. The average molecular weight is 239 g/mol. The van der Waals surface area contributed by atoms with Crippen molar-refractivity contribution in [2.24, 2.45) is 5.73 Å². The molecule has 0 spiro atoms. The molecule has 5 heteroatoms. The van der Waals surface area contributed by atoms with Crippen LogP contribution in [0.2, 0.25) is 0 Å². The lowest BCUT2D eigenvalue weighted by Gasteiger charge is -2.15. The van der Waals surface area contributed by atoms with Gasteiger partial charge >= 0.3 is 5.97 Å². The number of hydrogen-bond acceptors (Lipinski definition) is 3. The fourth-order valence-electron chi connectivity index (χ4n) is 1.59. The maximum atomic E-state index is 13.5. The fraction of sp³-hybridized carbons (Fsp3) is 0.250. The van der Waals surface area contributed by atoms with Crippen molar-refractivity contribution < 1.29 is 19.4 Å². The molecule has 0 bridgehead atoms. The molecule has 0 aliphatic carbocycles. The van der Waals surface area contributed by atoms with E-state index >= 15 is 0 Å². The van der Waals surface area contributed by atoms with E-state index in [0.717, 1.165) is 17.7 Å². The zero-order valence-corrected chi connectivity index (χ0v) is 9.40. The number of rotatable bonds is 4. The molecule has 92 valence electrons. The summed E-state index contributed by atoms with van der Waals surface area (Å²) in [4.78, 5) is 10.8. The third kappa shape index (κ3) is 2.82. The third-order valence-electron chi connectivity index (χ3n) is 2.33. The molecule has 0 aliphatic heterocycles. The molecular weight excluding hydrogens is 225 g/mol. The van der Waals surface area contributed by atoms with Crippen LogP contribution < -0.4 is 5.73 Å². The first-order valence-corrected chi connectivity index (χ1v) is 4.99. The smallest absolute Gasteiger partial charge is 0.339 e. The minimum Gasteiger partial charge on any atom is -0.507 e. The minimum absolute atomic E-state index is 0.187. The van der Waals surface area contributed by atoms with Crippen LogP contribution in [0.15, 0.2) is 24.3 Å². The van der Waals surface area contributed by atoms with Crippen molar-refractivity contribution in [3.05, 3.63) is 41.2 Å². The summed E-state index contributed by atoms with van der Waals surface area (Å²) in [6.45, 7) is 5.36. The molecule has 0 saturated heterocycles. The van der Waals surface area contributed by atoms with Gasteiger partial charge in [0.1, 0.15) is 17.1 Å². The highest BCUT2D eigenvalue weighted by atomic mass is 19.1. The predicted octanol–water partition coefficient (Wildman–Crippen LogP) is 2.20. The quantitative estimate of drug-likeness (QED) is 0.703. The van der Waals surface area contributed by atoms with E-state index in [1.54, 1.807) is 6.92 Å². The summed E-state index contributed by atoms with van der Waals surface area (Å²) < 4.78 is 13.5. The summed E-state index contributed by atoms with van der Waals surface area (Å²) >= 11 is 0. The molecule has 0 amide bonds. The maximum absolute atomic E-state index is 13.5. The summed E-state index contributed by atoms with van der Waals surface area (Å²) in [6, 6.07) is 1.17. The molecule has 0 aromatic heterocycles. The SMILES string of the molecule is C=C(C)C[C@@H](N)c1c(F)ccc(C(=O)O)c1O. The number of aromatic hydroxyl groups is 1. The number of halogens is 1. The normalized spacial score (nSPS) is 12.2. The molecule has 0 fully saturated rings. The Morgan fingerprint density at radius 3 is 2.65 bits per heavy atom. The molecule has 1 atom stereocenters. The largest absolute Gasteiger partial charge is 0.507 e. The molecule has 0 heterocycles. The van der Waals surface area contributed by atoms with Gasteiger partial charge in [-0.05, 0) is 25.5 Å². The summed E-state index contributed by atoms with van der Waals surface area (Å²) in [6.07, 6.45) is 0.271. The number of nitrogens with two attached hydrogens (primary N) is 1. The minimum atomic E-state index is -1.33. The first-order valence-electron chi connectivity index (χ1n) is 4.99. The van der Waals surface area contributed by atoms with E-state index in [2.05, 4.69) is 6.58 Å². The van der Waals surface area contributed by atoms with Gasteiger partial charge in [0.15, 0.2) is 0 Å². The third-order valence-corrected chi connectivity index (χ3v) is 2.33. The Balaban J connectivity index is 3.26. The first-order chi connectivity index (χ1) is 7.84. The number of aromatic carboxylic acids is 1. The number of benzene rings is 1. The molecule has 4 nitrogen and oxygen atoms in total. The van der Waals surface area contributed by atoms with Gasteiger partial charge in [0.25, 0.3) is 0 Å². The van der Waals surface area contributed by atoms with Gasteiger partial charge in [0.05, 0.1) is 0 Å². The molecule has 0 unspecified atom stereocenters. The lowest BCUT2D eigenvalue weighted by atomic mass is 9.97. The number of hydrogen-bond donors (Lipinski definition) is 3. The fourth-order valence-corrected chi connectivity index (χ4v) is 1.59. The Kier molecular flexibility index (Phi) is 3.85. The van der Waals surface area contributed by atoms with Crippen LogP contribution in [0.1, 0.15) is 35.3 Å². The highest BCUT2D eigenvalue weighted by Crippen LogP contribution is 2.32. The zero-order valence-electron chi connectivity index (χ0n) is 9.40. The molecule has 17 heavy (non-hydrogen) atoms. The van der Waals surface area contributed by atoms with E-state index in [4.69, 9.17) is 10.8 Å². The van der Waals surface area contributed by atoms with E-state index in [1.165, 1.54) is 0 Å². The molecular formula is C12H14FNO3. The Hall–Kier alpha value is -1.88. The zero-order chi connectivity index (χ0) is 13.2. The van der Waals surface area contributed by atoms with E-state index in [9.17, 15) is 14.3 Å². The Morgan fingerprint density at radius 2 is 2.18 bits per heavy atom. The number of carbonyl (C=O) groups is 1. The molecule has 0 saturated carbocycles. The van der Waals surface area contributed by atoms with E-state index in [-0.39, 0.29) is 17.5 Å². The summed E-state index contributed by atoms with van der Waals surface area (Å²) in [7, 11) is 0. The van der Waals surface area contributed by atoms with Crippen LogP contribution in [0.25, 0.3) is 0 Å². The van der Waals surface area contributed by atoms with Gasteiger partial charge in [0.2, 0.25) is 0 Å². The van der Waals surface area contributed by atoms with Gasteiger partial charge in [-0.2, -0.15) is 0 Å². The Morgan fingerprint density at radius 1 is 1.59 bits per heavy atom. The van der Waals surface area contributed by atoms with Gasteiger partial charge < -0.3 is 15.9 Å². The van der Waals surface area contributed by atoms with Crippen LogP contribution >= 0.6 is 0 Å². The van der Waals surface area contributed by atoms with Crippen molar-refractivity contribution in [3.8, 4) is 5.75 Å². The Bertz CT molecular complexity index is 471. The Labute approximate surface area is 98.2 Å². The summed E-state index contributed by atoms with van der Waals surface area (Å²) in [5.41, 5.74) is 5.88. The van der Waals surface area contributed by atoms with E-state index in [1.807, 2.05) is 0 Å². The van der Waals surface area contributed by atoms with Gasteiger partial charge in [-0.1, -0.05) is 5.57 Å². The molecule has 1 aromatic rings. The van der Waals surface area contributed by atoms with E-state index < -0.39 is 23.6 Å². The summed E-state index contributed by atoms with van der Waals surface area (Å²) in [5.74, 6) is -2.67. The van der Waals surface area contributed by atoms with Crippen LogP contribution in [0.5, 0.6) is 5.75 Å². The lowest BCUT2D eigenvalue weighted by molar-refractivity contribution is 0.0693. The second-order valence-electron chi connectivity index (χ2n) is 3.93. The van der Waals surface area contributed by atoms with Crippen LogP contribution in [-0.4, -0.2) is 16.2 Å². The predicted molar refractivity (Wildman–Crippen MR) is 61.4 cm³/mol. The van der Waals surface area contributed by atoms with Crippen molar-refractivity contribution in [2.45, 2.75) is 19.4 Å². The van der Waals surface area contributed by atoms with Gasteiger partial charge in [-0.3, -0.25) is 0 Å². The van der Waals surface area contributed by atoms with Crippen LogP contribution in [0.4, 0.5) is 4.39 Å². The summed E-state index contributed by atoms with van der Waals surface area (Å²) in [5, 5.41) is 18.5. The van der Waals surface area contributed by atoms with Gasteiger partial charge in [-0.15, -0.1) is 6.58 Å². The second kappa shape index (κ2) is 4.97. The van der Waals surface area contributed by atoms with Crippen molar-refractivity contribution in [2.75, 3.05) is 0 Å². The monoisotopic (exact) mass is 239 g/mol. The van der Waals surface area contributed by atoms with Crippen LogP contribution in [-0.2, 0) is 0 Å². The van der Waals surface area contributed by atoms with Crippen LogP contribution in [0, 0.1) is 5.82 Å². The topological polar surface area (TPSA) is 83.6 Å². The van der Waals surface area contributed by atoms with Crippen molar-refractivity contribution in [1.29, 1.82) is 0 Å². The first kappa shape index (κ1) is 13.2. The van der Waals surface area contributed by atoms with Crippen LogP contribution in [0.3, 0.4) is 0 Å². The van der Waals surface area contributed by atoms with Gasteiger partial charge in [0, 0.05) is 11.6 Å². The lowest BCUT2D eigenvalue weighted by Crippen LogP contribution is -2.14.